The monoisotopic (exact) mass is 398 g/mol. The van der Waals surface area contributed by atoms with Gasteiger partial charge in [-0.3, -0.25) is 4.79 Å². The van der Waals surface area contributed by atoms with Crippen molar-refractivity contribution in [2.45, 2.75) is 95.9 Å². The Kier molecular flexibility index (Phi) is 7.79. The molecule has 0 aromatic rings. The lowest BCUT2D eigenvalue weighted by molar-refractivity contribution is -0.162. The summed E-state index contributed by atoms with van der Waals surface area (Å²) in [7, 11) is -4.83. The zero-order chi connectivity index (χ0) is 20.5. The van der Waals surface area contributed by atoms with Crippen LogP contribution in [0.15, 0.2) is 0 Å². The number of alkyl halides is 2. The van der Waals surface area contributed by atoms with Gasteiger partial charge in [-0.2, -0.15) is 8.78 Å². The largest absolute Gasteiger partial charge is 0.414 e. The Hall–Kier alpha value is -0.156. The molecule has 0 aromatic heterocycles. The summed E-state index contributed by atoms with van der Waals surface area (Å²) in [5.74, 6) is -3.77. The normalized spacial score (nSPS) is 17.3. The van der Waals surface area contributed by atoms with Gasteiger partial charge >= 0.3 is 5.92 Å². The van der Waals surface area contributed by atoms with Crippen LogP contribution in [0.25, 0.3) is 0 Å². The molecule has 0 aromatic carbocycles. The number of aliphatic hydroxyl groups excluding tert-OH is 1. The number of hydrogen-bond acceptors (Lipinski definition) is 4. The van der Waals surface area contributed by atoms with Gasteiger partial charge < -0.3 is 14.0 Å². The summed E-state index contributed by atoms with van der Waals surface area (Å²) in [4.78, 5) is 10.9. The molecule has 4 nitrogen and oxygen atoms in total. The number of halogens is 2. The number of aldehydes is 1. The van der Waals surface area contributed by atoms with Crippen LogP contribution >= 0.6 is 0 Å². The number of aliphatic hydroxyl groups is 1. The van der Waals surface area contributed by atoms with E-state index in [2.05, 4.69) is 0 Å². The zero-order valence-electron chi connectivity index (χ0n) is 17.4. The maximum atomic E-state index is 14.2. The van der Waals surface area contributed by atoms with Gasteiger partial charge in [0.25, 0.3) is 0 Å². The molecular formula is C17H36F2O4Si2. The first kappa shape index (κ1) is 24.8. The first-order valence-corrected chi connectivity index (χ1v) is 14.4. The lowest BCUT2D eigenvalue weighted by Gasteiger charge is -2.42. The van der Waals surface area contributed by atoms with E-state index >= 15 is 0 Å². The molecule has 0 aliphatic rings. The number of carbonyl (C=O) groups is 1. The third kappa shape index (κ3) is 6.50. The third-order valence-corrected chi connectivity index (χ3v) is 14.5. The molecule has 0 amide bonds. The molecule has 0 spiro atoms. The second-order valence-corrected chi connectivity index (χ2v) is 19.3. The van der Waals surface area contributed by atoms with Crippen molar-refractivity contribution in [2.75, 3.05) is 6.61 Å². The van der Waals surface area contributed by atoms with Crippen molar-refractivity contribution >= 4 is 22.9 Å². The highest BCUT2D eigenvalue weighted by Crippen LogP contribution is 2.40. The molecule has 2 atom stereocenters. The third-order valence-electron chi connectivity index (χ3n) is 5.53. The van der Waals surface area contributed by atoms with Crippen molar-refractivity contribution < 1.29 is 27.5 Å². The van der Waals surface area contributed by atoms with Crippen LogP contribution in [0, 0.1) is 0 Å². The molecule has 0 bridgehead atoms. The first-order valence-electron chi connectivity index (χ1n) is 8.62. The molecule has 150 valence electrons. The predicted octanol–water partition coefficient (Wildman–Crippen LogP) is 4.59. The maximum Gasteiger partial charge on any atom is 0.329 e. The molecule has 0 radical (unpaired) electrons. The minimum absolute atomic E-state index is 0.115. The van der Waals surface area contributed by atoms with Crippen molar-refractivity contribution in [2.24, 2.45) is 0 Å². The van der Waals surface area contributed by atoms with E-state index in [4.69, 9.17) is 8.85 Å². The second-order valence-electron chi connectivity index (χ2n) is 9.73. The lowest BCUT2D eigenvalue weighted by atomic mass is 10.1. The molecule has 1 N–H and O–H groups in total. The van der Waals surface area contributed by atoms with E-state index in [0.717, 1.165) is 0 Å². The molecule has 8 heteroatoms. The van der Waals surface area contributed by atoms with E-state index in [1.807, 2.05) is 67.7 Å². The van der Waals surface area contributed by atoms with E-state index in [9.17, 15) is 18.7 Å². The highest BCUT2D eigenvalue weighted by Gasteiger charge is 2.51. The van der Waals surface area contributed by atoms with Crippen LogP contribution in [0.2, 0.25) is 36.3 Å². The Morgan fingerprint density at radius 3 is 1.68 bits per heavy atom. The minimum atomic E-state index is -3.77. The van der Waals surface area contributed by atoms with E-state index < -0.39 is 41.1 Å². The van der Waals surface area contributed by atoms with Crippen LogP contribution in [0.1, 0.15) is 41.5 Å². The van der Waals surface area contributed by atoms with Crippen LogP contribution in [0.5, 0.6) is 0 Å². The average molecular weight is 399 g/mol. The Morgan fingerprint density at radius 1 is 0.960 bits per heavy atom. The SMILES string of the molecule is CC(C)(C)[Si](C)(C)OC[C@@H](O)[C@@H](O[Si](C)(C)C(C)(C)C)C(F)(F)C=O. The van der Waals surface area contributed by atoms with Gasteiger partial charge in [0, 0.05) is 0 Å². The number of rotatable bonds is 8. The van der Waals surface area contributed by atoms with Crippen LogP contribution in [0.4, 0.5) is 8.78 Å². The zero-order valence-corrected chi connectivity index (χ0v) is 19.4. The van der Waals surface area contributed by atoms with E-state index in [1.165, 1.54) is 0 Å². The topological polar surface area (TPSA) is 55.8 Å². The van der Waals surface area contributed by atoms with E-state index in [1.54, 1.807) is 0 Å². The maximum absolute atomic E-state index is 14.2. The van der Waals surface area contributed by atoms with Gasteiger partial charge in [0.1, 0.15) is 12.2 Å². The highest BCUT2D eigenvalue weighted by molar-refractivity contribution is 6.74. The van der Waals surface area contributed by atoms with E-state index in [-0.39, 0.29) is 16.7 Å². The average Bonchev–Trinajstić information content (AvgIpc) is 2.39. The van der Waals surface area contributed by atoms with Crippen molar-refractivity contribution in [3.05, 3.63) is 0 Å². The van der Waals surface area contributed by atoms with Gasteiger partial charge in [0.2, 0.25) is 0 Å². The van der Waals surface area contributed by atoms with Gasteiger partial charge in [-0.05, 0) is 36.3 Å². The molecule has 0 saturated heterocycles. The summed E-state index contributed by atoms with van der Waals surface area (Å²) in [6.45, 7) is 19.1. The highest BCUT2D eigenvalue weighted by atomic mass is 28.4. The van der Waals surface area contributed by atoms with Crippen molar-refractivity contribution in [1.82, 2.24) is 0 Å². The molecule has 25 heavy (non-hydrogen) atoms. The van der Waals surface area contributed by atoms with Crippen LogP contribution in [-0.4, -0.2) is 52.8 Å². The Labute approximate surface area is 153 Å². The first-order chi connectivity index (χ1) is 10.8. The summed E-state index contributed by atoms with van der Waals surface area (Å²) in [6, 6.07) is 0. The lowest BCUT2D eigenvalue weighted by Crippen LogP contribution is -2.56. The molecule has 0 unspecified atom stereocenters. The van der Waals surface area contributed by atoms with Gasteiger partial charge in [-0.25, -0.2) is 0 Å². The molecule has 0 saturated carbocycles. The summed E-state index contributed by atoms with van der Waals surface area (Å²) >= 11 is 0. The number of carbonyl (C=O) groups excluding carboxylic acids is 1. The molecule has 0 fully saturated rings. The Bertz CT molecular complexity index is 455. The number of hydrogen-bond donors (Lipinski definition) is 1. The van der Waals surface area contributed by atoms with Gasteiger partial charge in [-0.15, -0.1) is 0 Å². The molecule has 0 aliphatic carbocycles. The van der Waals surface area contributed by atoms with Crippen LogP contribution in [0.3, 0.4) is 0 Å². The molecular weight excluding hydrogens is 362 g/mol. The van der Waals surface area contributed by atoms with Crippen LogP contribution in [-0.2, 0) is 13.6 Å². The van der Waals surface area contributed by atoms with Gasteiger partial charge in [0.15, 0.2) is 22.9 Å². The smallest absolute Gasteiger partial charge is 0.329 e. The minimum Gasteiger partial charge on any atom is -0.414 e. The summed E-state index contributed by atoms with van der Waals surface area (Å²) in [5, 5.41) is 9.94. The second kappa shape index (κ2) is 7.84. The van der Waals surface area contributed by atoms with Crippen molar-refractivity contribution in [3.63, 3.8) is 0 Å². The summed E-state index contributed by atoms with van der Waals surface area (Å²) in [5.41, 5.74) is 0. The summed E-state index contributed by atoms with van der Waals surface area (Å²) < 4.78 is 39.9. The Morgan fingerprint density at radius 2 is 1.36 bits per heavy atom. The van der Waals surface area contributed by atoms with E-state index in [0.29, 0.717) is 0 Å². The molecule has 0 aliphatic heterocycles. The standard InChI is InChI=1S/C17H36F2O4Si2/c1-15(2,3)24(7,8)22-11-13(21)14(17(18,19)12-20)23-25(9,10)16(4,5)6/h12-14,21H,11H2,1-10H3/t13-,14-/m1/s1. The molecule has 0 rings (SSSR count). The fourth-order valence-corrected chi connectivity index (χ4v) is 3.90. The van der Waals surface area contributed by atoms with Gasteiger partial charge in [-0.1, -0.05) is 41.5 Å². The fraction of sp³-hybridized carbons (Fsp3) is 0.941. The van der Waals surface area contributed by atoms with Crippen molar-refractivity contribution in [3.8, 4) is 0 Å². The quantitative estimate of drug-likeness (QED) is 0.480. The van der Waals surface area contributed by atoms with Crippen LogP contribution < -0.4 is 0 Å². The van der Waals surface area contributed by atoms with Crippen molar-refractivity contribution in [1.29, 1.82) is 0 Å². The molecule has 0 heterocycles. The fourth-order valence-electron chi connectivity index (χ4n) is 1.57. The summed E-state index contributed by atoms with van der Waals surface area (Å²) in [6.07, 6.45) is -3.93. The Balaban J connectivity index is 5.42. The van der Waals surface area contributed by atoms with Gasteiger partial charge in [0.05, 0.1) is 6.61 Å². The predicted molar refractivity (Wildman–Crippen MR) is 102 cm³/mol.